The van der Waals surface area contributed by atoms with Crippen LogP contribution in [0, 0.1) is 0 Å². The Bertz CT molecular complexity index is 939. The molecular formula is C27H27Cl2Zr. The van der Waals surface area contributed by atoms with E-state index >= 15 is 0 Å². The van der Waals surface area contributed by atoms with Gasteiger partial charge in [-0.1, -0.05) is 0 Å². The first-order valence-corrected chi connectivity index (χ1v) is 12.8. The molecular weight excluding hydrogens is 486 g/mol. The molecule has 0 unspecified atom stereocenters. The van der Waals surface area contributed by atoms with E-state index in [2.05, 4.69) is 91.9 Å². The second kappa shape index (κ2) is 12.6. The van der Waals surface area contributed by atoms with Crippen molar-refractivity contribution in [3.05, 3.63) is 116 Å². The Balaban J connectivity index is 0.00000160. The maximum atomic E-state index is 2.53. The van der Waals surface area contributed by atoms with Crippen LogP contribution >= 0.6 is 0 Å². The summed E-state index contributed by atoms with van der Waals surface area (Å²) in [5, 5.41) is 0. The van der Waals surface area contributed by atoms with Crippen LogP contribution in [0.3, 0.4) is 0 Å². The standard InChI is InChI=1S/C14H17.C13H10.2ClH.Zr/c1-2-13-8-5-9-14(13)11-10-12-6-3-4-7-12;1-3-7-12(8-4-1)11-13-9-5-2-6-10-13;;;/h3-4,6,9H,2,5,7,10-11H2,1H3;1-10H;2*1H;/q;;;;+2/p-2. The molecule has 4 rings (SSSR count). The molecule has 2 aromatic rings. The summed E-state index contributed by atoms with van der Waals surface area (Å²) < 4.78 is 3.39. The third-order valence-electron chi connectivity index (χ3n) is 5.62. The van der Waals surface area contributed by atoms with Gasteiger partial charge in [0.15, 0.2) is 0 Å². The molecule has 0 saturated carbocycles. The molecule has 3 heteroatoms. The van der Waals surface area contributed by atoms with Crippen LogP contribution in [0.15, 0.2) is 105 Å². The first-order valence-electron chi connectivity index (χ1n) is 10.4. The fourth-order valence-electron chi connectivity index (χ4n) is 4.13. The molecule has 30 heavy (non-hydrogen) atoms. The van der Waals surface area contributed by atoms with Crippen molar-refractivity contribution in [2.75, 3.05) is 0 Å². The molecule has 0 heterocycles. The summed E-state index contributed by atoms with van der Waals surface area (Å²) in [7, 11) is 0. The number of hydrogen-bond acceptors (Lipinski definition) is 0. The van der Waals surface area contributed by atoms with Crippen LogP contribution < -0.4 is 24.8 Å². The van der Waals surface area contributed by atoms with Crippen LogP contribution in [0.1, 0.15) is 50.2 Å². The van der Waals surface area contributed by atoms with Gasteiger partial charge < -0.3 is 24.8 Å². The van der Waals surface area contributed by atoms with Gasteiger partial charge in [-0.05, 0) is 0 Å². The Morgan fingerprint density at radius 3 is 2.00 bits per heavy atom. The zero-order valence-corrected chi connectivity index (χ0v) is 21.3. The largest absolute Gasteiger partial charge is 1.00 e. The molecule has 0 amide bonds. The van der Waals surface area contributed by atoms with Crippen molar-refractivity contribution in [2.24, 2.45) is 0 Å². The fourth-order valence-corrected chi connectivity index (χ4v) is 8.10. The molecule has 0 atom stereocenters. The Morgan fingerprint density at radius 2 is 1.47 bits per heavy atom. The molecule has 0 fully saturated rings. The number of hydrogen-bond donors (Lipinski definition) is 0. The van der Waals surface area contributed by atoms with Crippen LogP contribution in [0.5, 0.6) is 0 Å². The van der Waals surface area contributed by atoms with Crippen molar-refractivity contribution in [2.45, 2.75) is 39.0 Å². The summed E-state index contributed by atoms with van der Waals surface area (Å²) in [6, 6.07) is 22.1. The van der Waals surface area contributed by atoms with Gasteiger partial charge in [-0.2, -0.15) is 0 Å². The van der Waals surface area contributed by atoms with Crippen LogP contribution in [-0.4, -0.2) is 3.21 Å². The van der Waals surface area contributed by atoms with Crippen LogP contribution in [-0.2, 0) is 22.8 Å². The SMILES string of the molecule is CCC1=[C]([Zr+2]=[C](c2ccccc2)c2ccccc2)CC=C1CCC1=CC=CC1.[Cl-].[Cl-]. The normalized spacial score (nSPS) is 14.4. The number of halogens is 2. The molecule has 2 aliphatic carbocycles. The van der Waals surface area contributed by atoms with Gasteiger partial charge in [-0.15, -0.1) is 0 Å². The van der Waals surface area contributed by atoms with E-state index in [1.807, 2.05) is 0 Å². The molecule has 0 bridgehead atoms. The van der Waals surface area contributed by atoms with E-state index in [0.29, 0.717) is 0 Å². The topological polar surface area (TPSA) is 0 Å². The average molecular weight is 514 g/mol. The molecule has 0 radical (unpaired) electrons. The number of allylic oxidation sites excluding steroid dienone is 8. The van der Waals surface area contributed by atoms with Crippen molar-refractivity contribution < 1.29 is 47.6 Å². The van der Waals surface area contributed by atoms with Crippen LogP contribution in [0.2, 0.25) is 0 Å². The van der Waals surface area contributed by atoms with E-state index in [1.165, 1.54) is 36.8 Å². The minimum absolute atomic E-state index is 0. The zero-order chi connectivity index (χ0) is 19.2. The monoisotopic (exact) mass is 511 g/mol. The minimum Gasteiger partial charge on any atom is -1.00 e. The summed E-state index contributed by atoms with van der Waals surface area (Å²) in [6.07, 6.45) is 15.3. The third kappa shape index (κ3) is 6.13. The van der Waals surface area contributed by atoms with E-state index in [1.54, 1.807) is 23.2 Å². The van der Waals surface area contributed by atoms with Crippen molar-refractivity contribution in [3.63, 3.8) is 0 Å². The molecule has 0 aliphatic heterocycles. The van der Waals surface area contributed by atoms with Gasteiger partial charge in [0.2, 0.25) is 0 Å². The average Bonchev–Trinajstić information content (AvgIpc) is 3.41. The van der Waals surface area contributed by atoms with Crippen molar-refractivity contribution in [3.8, 4) is 0 Å². The summed E-state index contributed by atoms with van der Waals surface area (Å²) in [5.74, 6) is 0. The predicted molar refractivity (Wildman–Crippen MR) is 117 cm³/mol. The first kappa shape index (κ1) is 25.0. The van der Waals surface area contributed by atoms with Gasteiger partial charge in [0.25, 0.3) is 0 Å². The molecule has 0 nitrogen and oxygen atoms in total. The van der Waals surface area contributed by atoms with Gasteiger partial charge in [-0.25, -0.2) is 0 Å². The molecule has 0 spiro atoms. The van der Waals surface area contributed by atoms with E-state index in [-0.39, 0.29) is 24.8 Å². The Kier molecular flexibility index (Phi) is 10.5. The first-order chi connectivity index (χ1) is 13.8. The van der Waals surface area contributed by atoms with E-state index in [9.17, 15) is 0 Å². The van der Waals surface area contributed by atoms with Crippen LogP contribution in [0.25, 0.3) is 0 Å². The Morgan fingerprint density at radius 1 is 0.833 bits per heavy atom. The quantitative estimate of drug-likeness (QED) is 0.519. The molecule has 2 aromatic carbocycles. The van der Waals surface area contributed by atoms with E-state index < -0.39 is 22.8 Å². The van der Waals surface area contributed by atoms with Crippen molar-refractivity contribution in [1.82, 2.24) is 0 Å². The van der Waals surface area contributed by atoms with Crippen molar-refractivity contribution in [1.29, 1.82) is 0 Å². The molecule has 0 aromatic heterocycles. The summed E-state index contributed by atoms with van der Waals surface area (Å²) in [5.41, 5.74) is 7.73. The van der Waals surface area contributed by atoms with Gasteiger partial charge in [0, 0.05) is 0 Å². The maximum Gasteiger partial charge on any atom is -1.00 e. The number of rotatable bonds is 7. The molecule has 153 valence electrons. The zero-order valence-electron chi connectivity index (χ0n) is 17.4. The molecule has 2 aliphatic rings. The van der Waals surface area contributed by atoms with E-state index in [4.69, 9.17) is 0 Å². The second-order valence-corrected chi connectivity index (χ2v) is 10.8. The predicted octanol–water partition coefficient (Wildman–Crippen LogP) is 1.01. The van der Waals surface area contributed by atoms with Gasteiger partial charge in [0.05, 0.1) is 0 Å². The molecule has 0 saturated heterocycles. The van der Waals surface area contributed by atoms with Crippen molar-refractivity contribution >= 4 is 3.21 Å². The van der Waals surface area contributed by atoms with Gasteiger partial charge in [0.1, 0.15) is 0 Å². The summed E-state index contributed by atoms with van der Waals surface area (Å²) in [6.45, 7) is 2.34. The maximum absolute atomic E-state index is 2.53. The van der Waals surface area contributed by atoms with Gasteiger partial charge in [-0.3, -0.25) is 0 Å². The minimum atomic E-state index is -0.848. The third-order valence-corrected chi connectivity index (χ3v) is 9.64. The second-order valence-electron chi connectivity index (χ2n) is 7.43. The van der Waals surface area contributed by atoms with Crippen LogP contribution in [0.4, 0.5) is 0 Å². The Labute approximate surface area is 204 Å². The smallest absolute Gasteiger partial charge is 1.00 e. The molecule has 0 N–H and O–H groups in total. The summed E-state index contributed by atoms with van der Waals surface area (Å²) in [4.78, 5) is 0. The summed E-state index contributed by atoms with van der Waals surface area (Å²) >= 11 is -0.848. The van der Waals surface area contributed by atoms with Gasteiger partial charge >= 0.3 is 181 Å². The Hall–Kier alpha value is -1.27. The fraction of sp³-hybridized carbons (Fsp3) is 0.222. The van der Waals surface area contributed by atoms with E-state index in [0.717, 1.165) is 6.42 Å². The number of benzene rings is 2.